The van der Waals surface area contributed by atoms with E-state index in [9.17, 15) is 4.79 Å². The molecule has 1 aromatic rings. The predicted octanol–water partition coefficient (Wildman–Crippen LogP) is 1.58. The van der Waals surface area contributed by atoms with E-state index in [4.69, 9.17) is 27.3 Å². The molecule has 1 aliphatic rings. The largest absolute Gasteiger partial charge is 0.469 e. The lowest BCUT2D eigenvalue weighted by atomic mass is 10.0. The van der Waals surface area contributed by atoms with E-state index in [1.807, 2.05) is 0 Å². The number of rotatable bonds is 4. The van der Waals surface area contributed by atoms with Crippen LogP contribution in [0.3, 0.4) is 0 Å². The summed E-state index contributed by atoms with van der Waals surface area (Å²) < 4.78 is 4.81. The highest BCUT2D eigenvalue weighted by Crippen LogP contribution is 2.31. The maximum atomic E-state index is 11.7. The van der Waals surface area contributed by atoms with Crippen molar-refractivity contribution in [3.63, 3.8) is 0 Å². The van der Waals surface area contributed by atoms with Gasteiger partial charge in [0.25, 0.3) is 0 Å². The zero-order valence-electron chi connectivity index (χ0n) is 11.5. The van der Waals surface area contributed by atoms with Crippen LogP contribution in [0, 0.1) is 5.92 Å². The van der Waals surface area contributed by atoms with Gasteiger partial charge in [-0.3, -0.25) is 4.79 Å². The van der Waals surface area contributed by atoms with Crippen LogP contribution in [0.4, 0.5) is 5.82 Å². The molecule has 4 N–H and O–H groups in total. The zero-order chi connectivity index (χ0) is 15.4. The number of nitrogens with two attached hydrogens (primary N) is 1. The molecule has 0 radical (unpaired) electrons. The molecule has 0 amide bonds. The monoisotopic (exact) mass is 312 g/mol. The SMILES string of the molecule is COC(=O)[C@@H]1CCC[C@@H]1Nc1ncc(C(N)=NO)cc1Cl. The molecular formula is C13H17ClN4O3. The van der Waals surface area contributed by atoms with E-state index >= 15 is 0 Å². The second-order valence-corrected chi connectivity index (χ2v) is 5.26. The molecule has 0 saturated heterocycles. The Bertz CT molecular complexity index is 564. The van der Waals surface area contributed by atoms with Crippen molar-refractivity contribution < 1.29 is 14.7 Å². The minimum Gasteiger partial charge on any atom is -0.469 e. The Morgan fingerprint density at radius 2 is 2.38 bits per heavy atom. The molecule has 1 fully saturated rings. The van der Waals surface area contributed by atoms with Gasteiger partial charge in [0, 0.05) is 17.8 Å². The molecule has 1 aromatic heterocycles. The summed E-state index contributed by atoms with van der Waals surface area (Å²) in [7, 11) is 1.38. The highest BCUT2D eigenvalue weighted by atomic mass is 35.5. The van der Waals surface area contributed by atoms with Gasteiger partial charge in [-0.15, -0.1) is 0 Å². The Hall–Kier alpha value is -2.02. The number of nitrogens with one attached hydrogen (secondary N) is 1. The van der Waals surface area contributed by atoms with E-state index < -0.39 is 0 Å². The number of hydrogen-bond donors (Lipinski definition) is 3. The highest BCUT2D eigenvalue weighted by Gasteiger charge is 2.34. The fraction of sp³-hybridized carbons (Fsp3) is 0.462. The van der Waals surface area contributed by atoms with E-state index in [1.165, 1.54) is 13.3 Å². The Kier molecular flexibility index (Phi) is 4.85. The molecule has 21 heavy (non-hydrogen) atoms. The van der Waals surface area contributed by atoms with Crippen molar-refractivity contribution >= 4 is 29.2 Å². The molecule has 0 spiro atoms. The highest BCUT2D eigenvalue weighted by molar-refractivity contribution is 6.33. The van der Waals surface area contributed by atoms with Gasteiger partial charge in [-0.05, 0) is 18.9 Å². The van der Waals surface area contributed by atoms with Crippen LogP contribution in [0.1, 0.15) is 24.8 Å². The van der Waals surface area contributed by atoms with E-state index in [2.05, 4.69) is 15.5 Å². The molecule has 2 atom stereocenters. The summed E-state index contributed by atoms with van der Waals surface area (Å²) in [5.41, 5.74) is 5.90. The molecule has 1 saturated carbocycles. The number of halogens is 1. The minimum atomic E-state index is -0.227. The first-order valence-corrected chi connectivity index (χ1v) is 6.92. The van der Waals surface area contributed by atoms with Gasteiger partial charge in [0.1, 0.15) is 5.82 Å². The number of esters is 1. The van der Waals surface area contributed by atoms with Crippen molar-refractivity contribution in [3.8, 4) is 0 Å². The summed E-state index contributed by atoms with van der Waals surface area (Å²) in [5.74, 6) is -0.0257. The number of oxime groups is 1. The Labute approximate surface area is 127 Å². The Morgan fingerprint density at radius 3 is 3.00 bits per heavy atom. The average molecular weight is 313 g/mol. The molecule has 114 valence electrons. The number of anilines is 1. The van der Waals surface area contributed by atoms with E-state index in [0.717, 1.165) is 19.3 Å². The number of carbonyl (C=O) groups excluding carboxylic acids is 1. The number of amidine groups is 1. The number of aromatic nitrogens is 1. The molecule has 0 unspecified atom stereocenters. The Balaban J connectivity index is 2.14. The Morgan fingerprint density at radius 1 is 1.62 bits per heavy atom. The number of carbonyl (C=O) groups is 1. The fourth-order valence-electron chi connectivity index (χ4n) is 2.48. The topological polar surface area (TPSA) is 110 Å². The van der Waals surface area contributed by atoms with Crippen molar-refractivity contribution in [2.75, 3.05) is 12.4 Å². The third-order valence-electron chi connectivity index (χ3n) is 3.59. The lowest BCUT2D eigenvalue weighted by Crippen LogP contribution is -2.31. The number of methoxy groups -OCH3 is 1. The second kappa shape index (κ2) is 6.62. The summed E-state index contributed by atoms with van der Waals surface area (Å²) in [5, 5.41) is 15.0. The van der Waals surface area contributed by atoms with Gasteiger partial charge < -0.3 is 21.0 Å². The molecular weight excluding hydrogens is 296 g/mol. The lowest BCUT2D eigenvalue weighted by Gasteiger charge is -2.20. The number of pyridine rings is 1. The fourth-order valence-corrected chi connectivity index (χ4v) is 2.70. The maximum Gasteiger partial charge on any atom is 0.310 e. The molecule has 1 heterocycles. The van der Waals surface area contributed by atoms with Gasteiger partial charge in [0.15, 0.2) is 5.84 Å². The molecule has 0 aliphatic heterocycles. The third-order valence-corrected chi connectivity index (χ3v) is 3.87. The molecule has 1 aliphatic carbocycles. The molecule has 2 rings (SSSR count). The summed E-state index contributed by atoms with van der Waals surface area (Å²) >= 11 is 6.14. The average Bonchev–Trinajstić information content (AvgIpc) is 2.95. The third kappa shape index (κ3) is 3.36. The van der Waals surface area contributed by atoms with Gasteiger partial charge in [0.2, 0.25) is 0 Å². The summed E-state index contributed by atoms with van der Waals surface area (Å²) in [4.78, 5) is 15.9. The van der Waals surface area contributed by atoms with E-state index in [-0.39, 0.29) is 23.8 Å². The summed E-state index contributed by atoms with van der Waals surface area (Å²) in [6, 6.07) is 1.49. The van der Waals surface area contributed by atoms with Crippen molar-refractivity contribution in [1.29, 1.82) is 0 Å². The van der Waals surface area contributed by atoms with Crippen LogP contribution in [0.2, 0.25) is 5.02 Å². The first-order valence-electron chi connectivity index (χ1n) is 6.54. The van der Waals surface area contributed by atoms with Crippen LogP contribution < -0.4 is 11.1 Å². The quantitative estimate of drug-likeness (QED) is 0.256. The van der Waals surface area contributed by atoms with Crippen molar-refractivity contribution in [1.82, 2.24) is 4.98 Å². The van der Waals surface area contributed by atoms with Crippen LogP contribution in [-0.4, -0.2) is 35.1 Å². The van der Waals surface area contributed by atoms with E-state index in [0.29, 0.717) is 16.4 Å². The first kappa shape index (κ1) is 15.4. The lowest BCUT2D eigenvalue weighted by molar-refractivity contribution is -0.145. The summed E-state index contributed by atoms with van der Waals surface area (Å²) in [6.45, 7) is 0. The van der Waals surface area contributed by atoms with Gasteiger partial charge >= 0.3 is 5.97 Å². The molecule has 0 aromatic carbocycles. The van der Waals surface area contributed by atoms with Crippen LogP contribution in [0.15, 0.2) is 17.4 Å². The van der Waals surface area contributed by atoms with Crippen molar-refractivity contribution in [3.05, 3.63) is 22.8 Å². The summed E-state index contributed by atoms with van der Waals surface area (Å²) in [6.07, 6.45) is 4.02. The van der Waals surface area contributed by atoms with Gasteiger partial charge in [-0.25, -0.2) is 4.98 Å². The predicted molar refractivity (Wildman–Crippen MR) is 78.5 cm³/mol. The van der Waals surface area contributed by atoms with E-state index in [1.54, 1.807) is 6.07 Å². The van der Waals surface area contributed by atoms with Crippen LogP contribution in [0.25, 0.3) is 0 Å². The van der Waals surface area contributed by atoms with Gasteiger partial charge in [0.05, 0.1) is 18.1 Å². The van der Waals surface area contributed by atoms with Gasteiger partial charge in [-0.1, -0.05) is 23.2 Å². The zero-order valence-corrected chi connectivity index (χ0v) is 12.3. The van der Waals surface area contributed by atoms with Crippen LogP contribution in [0.5, 0.6) is 0 Å². The number of hydrogen-bond acceptors (Lipinski definition) is 6. The van der Waals surface area contributed by atoms with Crippen LogP contribution in [-0.2, 0) is 9.53 Å². The van der Waals surface area contributed by atoms with Crippen molar-refractivity contribution in [2.45, 2.75) is 25.3 Å². The molecule has 7 nitrogen and oxygen atoms in total. The van der Waals surface area contributed by atoms with Crippen LogP contribution >= 0.6 is 11.6 Å². The number of nitrogens with zero attached hydrogens (tertiary/aromatic N) is 2. The van der Waals surface area contributed by atoms with Crippen molar-refractivity contribution in [2.24, 2.45) is 16.8 Å². The molecule has 0 bridgehead atoms. The van der Waals surface area contributed by atoms with Gasteiger partial charge in [-0.2, -0.15) is 0 Å². The second-order valence-electron chi connectivity index (χ2n) is 4.85. The smallest absolute Gasteiger partial charge is 0.310 e. The minimum absolute atomic E-state index is 0.0582. The molecule has 8 heteroatoms. The standard InChI is InChI=1S/C13H17ClN4O3/c1-21-13(19)8-3-2-4-10(8)17-12-9(14)5-7(6-16-12)11(15)18-20/h5-6,8,10,20H,2-4H2,1H3,(H2,15,18)(H,16,17)/t8-,10+/m1/s1. The first-order chi connectivity index (χ1) is 10.1. The normalized spacial score (nSPS) is 22.1. The maximum absolute atomic E-state index is 11.7. The number of ether oxygens (including phenoxy) is 1.